The van der Waals surface area contributed by atoms with Crippen LogP contribution in [0.4, 0.5) is 0 Å². The van der Waals surface area contributed by atoms with Crippen LogP contribution in [0.25, 0.3) is 0 Å². The van der Waals surface area contributed by atoms with Gasteiger partial charge in [-0.3, -0.25) is 4.90 Å². The molecule has 5 nitrogen and oxygen atoms in total. The van der Waals surface area contributed by atoms with E-state index in [0.717, 1.165) is 35.8 Å². The summed E-state index contributed by atoms with van der Waals surface area (Å²) < 4.78 is 22.1. The maximum absolute atomic E-state index is 5.53. The van der Waals surface area contributed by atoms with E-state index in [1.54, 1.807) is 28.4 Å². The van der Waals surface area contributed by atoms with Crippen molar-refractivity contribution in [1.29, 1.82) is 0 Å². The van der Waals surface area contributed by atoms with E-state index in [2.05, 4.69) is 36.2 Å². The monoisotopic (exact) mass is 355 g/mol. The van der Waals surface area contributed by atoms with Crippen LogP contribution in [0.3, 0.4) is 0 Å². The Labute approximate surface area is 154 Å². The molecule has 0 aromatic heterocycles. The number of hydrogen-bond donors (Lipinski definition) is 0. The van der Waals surface area contributed by atoms with Gasteiger partial charge < -0.3 is 18.9 Å². The van der Waals surface area contributed by atoms with Gasteiger partial charge in [0.2, 0.25) is 0 Å². The first-order valence-electron chi connectivity index (χ1n) is 8.82. The number of ether oxygens (including phenoxy) is 4. The molecule has 0 radical (unpaired) electrons. The van der Waals surface area contributed by atoms with E-state index in [0.29, 0.717) is 12.1 Å². The fraction of sp³-hybridized carbons (Fsp3) is 0.429. The first kappa shape index (κ1) is 17.0. The molecule has 26 heavy (non-hydrogen) atoms. The molecule has 4 rings (SSSR count). The van der Waals surface area contributed by atoms with Crippen molar-refractivity contribution < 1.29 is 18.9 Å². The molecule has 138 valence electrons. The van der Waals surface area contributed by atoms with Gasteiger partial charge in [-0.2, -0.15) is 0 Å². The normalized spacial score (nSPS) is 20.8. The quantitative estimate of drug-likeness (QED) is 0.839. The number of methoxy groups -OCH3 is 4. The summed E-state index contributed by atoms with van der Waals surface area (Å²) in [6, 6.07) is 9.16. The fourth-order valence-corrected chi connectivity index (χ4v) is 4.43. The highest BCUT2D eigenvalue weighted by Crippen LogP contribution is 2.50. The zero-order chi connectivity index (χ0) is 18.4. The fourth-order valence-electron chi connectivity index (χ4n) is 4.43. The molecule has 0 amide bonds. The Balaban J connectivity index is 1.84. The second-order valence-corrected chi connectivity index (χ2v) is 6.92. The molecule has 2 aliphatic rings. The Morgan fingerprint density at radius 1 is 0.654 bits per heavy atom. The zero-order valence-electron chi connectivity index (χ0n) is 16.0. The van der Waals surface area contributed by atoms with E-state index in [9.17, 15) is 0 Å². The molecule has 0 aliphatic carbocycles. The maximum Gasteiger partial charge on any atom is 0.161 e. The van der Waals surface area contributed by atoms with Gasteiger partial charge in [0, 0.05) is 12.1 Å². The van der Waals surface area contributed by atoms with Crippen LogP contribution in [0.5, 0.6) is 23.0 Å². The van der Waals surface area contributed by atoms with Gasteiger partial charge in [-0.15, -0.1) is 0 Å². The Morgan fingerprint density at radius 3 is 1.35 bits per heavy atom. The lowest BCUT2D eigenvalue weighted by Gasteiger charge is -2.46. The topological polar surface area (TPSA) is 40.2 Å². The van der Waals surface area contributed by atoms with Crippen LogP contribution in [-0.2, 0) is 12.8 Å². The minimum absolute atomic E-state index is 0.314. The molecule has 0 spiro atoms. The summed E-state index contributed by atoms with van der Waals surface area (Å²) in [6.45, 7) is 0. The minimum Gasteiger partial charge on any atom is -0.493 e. The Kier molecular flexibility index (Phi) is 4.19. The van der Waals surface area contributed by atoms with Gasteiger partial charge in [-0.05, 0) is 66.4 Å². The van der Waals surface area contributed by atoms with Crippen LogP contribution < -0.4 is 18.9 Å². The Hall–Kier alpha value is -2.40. The van der Waals surface area contributed by atoms with Crippen molar-refractivity contribution in [2.24, 2.45) is 0 Å². The van der Waals surface area contributed by atoms with E-state index >= 15 is 0 Å². The Bertz CT molecular complexity index is 779. The van der Waals surface area contributed by atoms with Crippen LogP contribution >= 0.6 is 0 Å². The number of hydrogen-bond acceptors (Lipinski definition) is 5. The summed E-state index contributed by atoms with van der Waals surface area (Å²) in [7, 11) is 8.95. The smallest absolute Gasteiger partial charge is 0.161 e. The second-order valence-electron chi connectivity index (χ2n) is 6.92. The van der Waals surface area contributed by atoms with Gasteiger partial charge in [-0.1, -0.05) is 0 Å². The van der Waals surface area contributed by atoms with Crippen LogP contribution in [0.15, 0.2) is 24.3 Å². The second kappa shape index (κ2) is 6.40. The average Bonchev–Trinajstić information content (AvgIpc) is 2.67. The molecule has 0 saturated carbocycles. The van der Waals surface area contributed by atoms with Crippen LogP contribution in [-0.4, -0.2) is 40.4 Å². The third-order valence-corrected chi connectivity index (χ3v) is 5.82. The molecular formula is C21H25NO4. The molecule has 2 heterocycles. The zero-order valence-corrected chi connectivity index (χ0v) is 16.0. The molecule has 0 saturated heterocycles. The molecule has 2 unspecified atom stereocenters. The van der Waals surface area contributed by atoms with Gasteiger partial charge in [-0.25, -0.2) is 0 Å². The molecule has 5 heteroatoms. The number of fused-ring (bicyclic) bond motifs is 6. The van der Waals surface area contributed by atoms with Gasteiger partial charge in [0.25, 0.3) is 0 Å². The Morgan fingerprint density at radius 2 is 1.00 bits per heavy atom. The molecule has 0 N–H and O–H groups in total. The molecule has 2 bridgehead atoms. The lowest BCUT2D eigenvalue weighted by atomic mass is 9.76. The van der Waals surface area contributed by atoms with E-state index < -0.39 is 0 Å². The summed E-state index contributed by atoms with van der Waals surface area (Å²) >= 11 is 0. The molecule has 2 atom stereocenters. The van der Waals surface area contributed by atoms with Gasteiger partial charge in [0.15, 0.2) is 23.0 Å². The highest BCUT2D eigenvalue weighted by Gasteiger charge is 2.39. The van der Waals surface area contributed by atoms with Crippen LogP contribution in [0.2, 0.25) is 0 Å². The third kappa shape index (κ3) is 2.42. The lowest BCUT2D eigenvalue weighted by Crippen LogP contribution is -2.40. The molecule has 2 aromatic rings. The third-order valence-electron chi connectivity index (χ3n) is 5.82. The lowest BCUT2D eigenvalue weighted by molar-refractivity contribution is 0.137. The first-order chi connectivity index (χ1) is 12.6. The van der Waals surface area contributed by atoms with Crippen LogP contribution in [0, 0.1) is 0 Å². The van der Waals surface area contributed by atoms with Crippen molar-refractivity contribution in [3.63, 3.8) is 0 Å². The standard InChI is InChI=1S/C21H25NO4/c1-22-16-6-12-8-18(23-2)20(25-4)10-14(12)17(22)7-13-9-19(24-3)21(26-5)11-15(13)16/h8-11,16-17H,6-7H2,1-5H3. The predicted molar refractivity (Wildman–Crippen MR) is 99.7 cm³/mol. The highest BCUT2D eigenvalue weighted by molar-refractivity contribution is 5.55. The minimum atomic E-state index is 0.314. The average molecular weight is 355 g/mol. The summed E-state index contributed by atoms with van der Waals surface area (Å²) in [6.07, 6.45) is 1.87. The van der Waals surface area contributed by atoms with Gasteiger partial charge >= 0.3 is 0 Å². The van der Waals surface area contributed by atoms with E-state index in [1.807, 2.05) is 0 Å². The van der Waals surface area contributed by atoms with Crippen molar-refractivity contribution in [3.05, 3.63) is 46.5 Å². The largest absolute Gasteiger partial charge is 0.493 e. The van der Waals surface area contributed by atoms with Crippen molar-refractivity contribution >= 4 is 0 Å². The SMILES string of the molecule is COc1cc2c(cc1OC)C1Cc3cc(OC)c(OC)cc3C(C2)N1C. The first-order valence-corrected chi connectivity index (χ1v) is 8.82. The summed E-state index contributed by atoms with van der Waals surface area (Å²) in [4.78, 5) is 2.46. The number of nitrogens with zero attached hydrogens (tertiary/aromatic N) is 1. The summed E-state index contributed by atoms with van der Waals surface area (Å²) in [5.74, 6) is 3.16. The van der Waals surface area contributed by atoms with Crippen molar-refractivity contribution in [2.75, 3.05) is 35.5 Å². The van der Waals surface area contributed by atoms with Crippen molar-refractivity contribution in [1.82, 2.24) is 4.90 Å². The maximum atomic E-state index is 5.53. The summed E-state index contributed by atoms with van der Waals surface area (Å²) in [5, 5.41) is 0. The van der Waals surface area contributed by atoms with E-state index in [1.165, 1.54) is 22.3 Å². The van der Waals surface area contributed by atoms with Crippen molar-refractivity contribution in [3.8, 4) is 23.0 Å². The number of benzene rings is 2. The molecular weight excluding hydrogens is 330 g/mol. The van der Waals surface area contributed by atoms with Gasteiger partial charge in [0.1, 0.15) is 0 Å². The van der Waals surface area contributed by atoms with Crippen molar-refractivity contribution in [2.45, 2.75) is 24.9 Å². The summed E-state index contributed by atoms with van der Waals surface area (Å²) in [5.41, 5.74) is 5.30. The highest BCUT2D eigenvalue weighted by atomic mass is 16.5. The van der Waals surface area contributed by atoms with E-state index in [-0.39, 0.29) is 0 Å². The van der Waals surface area contributed by atoms with Gasteiger partial charge in [0.05, 0.1) is 28.4 Å². The molecule has 2 aromatic carbocycles. The molecule has 0 fully saturated rings. The van der Waals surface area contributed by atoms with E-state index in [4.69, 9.17) is 18.9 Å². The number of likely N-dealkylation sites (N-methyl/N-ethyl adjacent to an activating group) is 1. The number of rotatable bonds is 4. The van der Waals surface area contributed by atoms with Crippen LogP contribution in [0.1, 0.15) is 34.3 Å². The molecule has 2 aliphatic heterocycles. The predicted octanol–water partition coefficient (Wildman–Crippen LogP) is 3.55.